The van der Waals surface area contributed by atoms with Crippen molar-refractivity contribution in [3.63, 3.8) is 0 Å². The van der Waals surface area contributed by atoms with Gasteiger partial charge in [-0.1, -0.05) is 36.4 Å². The van der Waals surface area contributed by atoms with Gasteiger partial charge in [-0.2, -0.15) is 0 Å². The first-order valence-corrected chi connectivity index (χ1v) is 8.42. The van der Waals surface area contributed by atoms with Gasteiger partial charge in [-0.25, -0.2) is 0 Å². The van der Waals surface area contributed by atoms with Crippen LogP contribution in [0.25, 0.3) is 5.57 Å². The standard InChI is InChI=1S/C20H22N2O2/c1-22-18-7-16(8-19(22)14-23-13-18)17-9-20(11-21-10-17)24-12-15-5-3-2-4-6-15/h2-7,9-11,18-19H,8,12-14H2,1H3. The van der Waals surface area contributed by atoms with Crippen LogP contribution in [0.2, 0.25) is 0 Å². The normalized spacial score (nSPS) is 23.6. The molecular formula is C20H22N2O2. The smallest absolute Gasteiger partial charge is 0.138 e. The number of nitrogens with zero attached hydrogens (tertiary/aromatic N) is 2. The molecule has 124 valence electrons. The van der Waals surface area contributed by atoms with E-state index in [-0.39, 0.29) is 0 Å². The van der Waals surface area contributed by atoms with Crippen LogP contribution < -0.4 is 4.74 Å². The van der Waals surface area contributed by atoms with Crippen molar-refractivity contribution >= 4 is 5.57 Å². The molecule has 2 atom stereocenters. The zero-order chi connectivity index (χ0) is 16.4. The van der Waals surface area contributed by atoms with Gasteiger partial charge in [0.2, 0.25) is 0 Å². The molecule has 4 heteroatoms. The van der Waals surface area contributed by atoms with Crippen LogP contribution in [0.3, 0.4) is 0 Å². The molecule has 0 spiro atoms. The molecule has 3 heterocycles. The van der Waals surface area contributed by atoms with Crippen molar-refractivity contribution < 1.29 is 9.47 Å². The maximum absolute atomic E-state index is 5.91. The van der Waals surface area contributed by atoms with E-state index in [1.807, 2.05) is 24.4 Å². The third-order valence-corrected chi connectivity index (χ3v) is 4.88. The van der Waals surface area contributed by atoms with Crippen LogP contribution in [-0.4, -0.2) is 42.2 Å². The Hall–Kier alpha value is -2.17. The number of benzene rings is 1. The fraction of sp³-hybridized carbons (Fsp3) is 0.350. The number of ether oxygens (including phenoxy) is 2. The zero-order valence-electron chi connectivity index (χ0n) is 13.9. The van der Waals surface area contributed by atoms with E-state index in [1.54, 1.807) is 6.20 Å². The Kier molecular flexibility index (Phi) is 4.32. The Morgan fingerprint density at radius 2 is 2.08 bits per heavy atom. The van der Waals surface area contributed by atoms with Crippen LogP contribution >= 0.6 is 0 Å². The van der Waals surface area contributed by atoms with Gasteiger partial charge >= 0.3 is 0 Å². The molecule has 0 radical (unpaired) electrons. The van der Waals surface area contributed by atoms with E-state index < -0.39 is 0 Å². The van der Waals surface area contributed by atoms with E-state index in [2.05, 4.69) is 41.2 Å². The molecule has 1 aromatic carbocycles. The maximum atomic E-state index is 5.91. The zero-order valence-corrected chi connectivity index (χ0v) is 13.9. The van der Waals surface area contributed by atoms with E-state index in [0.717, 1.165) is 36.5 Å². The van der Waals surface area contributed by atoms with Crippen molar-refractivity contribution in [1.29, 1.82) is 0 Å². The third kappa shape index (κ3) is 3.21. The van der Waals surface area contributed by atoms with Crippen LogP contribution in [0.1, 0.15) is 17.5 Å². The Balaban J connectivity index is 1.50. The minimum absolute atomic E-state index is 0.362. The molecule has 1 aromatic heterocycles. The van der Waals surface area contributed by atoms with Crippen molar-refractivity contribution in [2.75, 3.05) is 20.3 Å². The number of pyridine rings is 1. The number of hydrogen-bond donors (Lipinski definition) is 0. The Labute approximate surface area is 142 Å². The average molecular weight is 322 g/mol. The summed E-state index contributed by atoms with van der Waals surface area (Å²) in [7, 11) is 2.18. The Morgan fingerprint density at radius 3 is 2.92 bits per heavy atom. The number of likely N-dealkylation sites (N-methyl/N-ethyl adjacent to an activating group) is 1. The molecule has 2 bridgehead atoms. The predicted octanol–water partition coefficient (Wildman–Crippen LogP) is 3.15. The lowest BCUT2D eigenvalue weighted by Gasteiger charge is -2.42. The molecule has 2 unspecified atom stereocenters. The highest BCUT2D eigenvalue weighted by molar-refractivity contribution is 5.68. The Morgan fingerprint density at radius 1 is 1.21 bits per heavy atom. The summed E-state index contributed by atoms with van der Waals surface area (Å²) in [6.07, 6.45) is 7.03. The number of morpholine rings is 1. The minimum atomic E-state index is 0.362. The van der Waals surface area contributed by atoms with Gasteiger partial charge in [0.05, 0.1) is 25.5 Å². The van der Waals surface area contributed by atoms with Crippen molar-refractivity contribution in [3.05, 3.63) is 66.0 Å². The Bertz CT molecular complexity index is 729. The van der Waals surface area contributed by atoms with Crippen LogP contribution in [0, 0.1) is 0 Å². The minimum Gasteiger partial charge on any atom is -0.487 e. The first-order valence-electron chi connectivity index (χ1n) is 8.42. The first-order chi connectivity index (χ1) is 11.8. The second-order valence-corrected chi connectivity index (χ2v) is 6.50. The van der Waals surface area contributed by atoms with E-state index in [0.29, 0.717) is 18.7 Å². The van der Waals surface area contributed by atoms with Gasteiger partial charge in [0.1, 0.15) is 12.4 Å². The summed E-state index contributed by atoms with van der Waals surface area (Å²) < 4.78 is 11.6. The molecule has 2 aliphatic heterocycles. The van der Waals surface area contributed by atoms with Crippen LogP contribution in [0.4, 0.5) is 0 Å². The summed E-state index contributed by atoms with van der Waals surface area (Å²) in [6.45, 7) is 2.14. The van der Waals surface area contributed by atoms with Crippen molar-refractivity contribution in [1.82, 2.24) is 9.88 Å². The topological polar surface area (TPSA) is 34.6 Å². The van der Waals surface area contributed by atoms with Crippen LogP contribution in [-0.2, 0) is 11.3 Å². The summed E-state index contributed by atoms with van der Waals surface area (Å²) >= 11 is 0. The summed E-state index contributed by atoms with van der Waals surface area (Å²) in [5, 5.41) is 0. The van der Waals surface area contributed by atoms with Gasteiger partial charge in [-0.05, 0) is 36.2 Å². The summed E-state index contributed by atoms with van der Waals surface area (Å²) in [5.41, 5.74) is 3.67. The molecule has 4 rings (SSSR count). The summed E-state index contributed by atoms with van der Waals surface area (Å²) in [4.78, 5) is 6.79. The lowest BCUT2D eigenvalue weighted by atomic mass is 9.91. The van der Waals surface area contributed by atoms with Gasteiger partial charge in [0.25, 0.3) is 0 Å². The summed E-state index contributed by atoms with van der Waals surface area (Å²) in [6, 6.07) is 13.1. The molecule has 4 nitrogen and oxygen atoms in total. The average Bonchev–Trinajstić information content (AvgIpc) is 2.61. The molecule has 1 fully saturated rings. The number of aromatic nitrogens is 1. The van der Waals surface area contributed by atoms with Gasteiger partial charge in [-0.15, -0.1) is 0 Å². The molecule has 1 saturated heterocycles. The fourth-order valence-electron chi connectivity index (χ4n) is 3.38. The molecule has 0 aliphatic carbocycles. The monoisotopic (exact) mass is 322 g/mol. The quantitative estimate of drug-likeness (QED) is 0.866. The van der Waals surface area contributed by atoms with Gasteiger partial charge in [0.15, 0.2) is 0 Å². The SMILES string of the molecule is CN1C2C=C(c3cncc(OCc4ccccc4)c3)CC1COC2. The molecule has 2 aromatic rings. The predicted molar refractivity (Wildman–Crippen MR) is 93.8 cm³/mol. The van der Waals surface area contributed by atoms with Crippen molar-refractivity contribution in [3.8, 4) is 5.75 Å². The highest BCUT2D eigenvalue weighted by Crippen LogP contribution is 2.32. The summed E-state index contributed by atoms with van der Waals surface area (Å²) in [5.74, 6) is 0.817. The van der Waals surface area contributed by atoms with Crippen LogP contribution in [0.15, 0.2) is 54.9 Å². The number of hydrogen-bond acceptors (Lipinski definition) is 4. The molecule has 0 amide bonds. The molecule has 2 aliphatic rings. The van der Waals surface area contributed by atoms with Gasteiger partial charge < -0.3 is 9.47 Å². The van der Waals surface area contributed by atoms with Gasteiger partial charge in [0, 0.05) is 12.2 Å². The fourth-order valence-corrected chi connectivity index (χ4v) is 3.38. The third-order valence-electron chi connectivity index (χ3n) is 4.88. The molecule has 24 heavy (non-hydrogen) atoms. The molecule has 0 saturated carbocycles. The van der Waals surface area contributed by atoms with Gasteiger partial charge in [-0.3, -0.25) is 9.88 Å². The van der Waals surface area contributed by atoms with Crippen LogP contribution in [0.5, 0.6) is 5.75 Å². The largest absolute Gasteiger partial charge is 0.487 e. The van der Waals surface area contributed by atoms with E-state index in [4.69, 9.17) is 9.47 Å². The maximum Gasteiger partial charge on any atom is 0.138 e. The number of rotatable bonds is 4. The lowest BCUT2D eigenvalue weighted by molar-refractivity contribution is -0.0221. The highest BCUT2D eigenvalue weighted by atomic mass is 16.5. The lowest BCUT2D eigenvalue weighted by Crippen LogP contribution is -2.51. The second-order valence-electron chi connectivity index (χ2n) is 6.50. The first kappa shape index (κ1) is 15.4. The van der Waals surface area contributed by atoms with Crippen molar-refractivity contribution in [2.24, 2.45) is 0 Å². The van der Waals surface area contributed by atoms with E-state index in [9.17, 15) is 0 Å². The number of fused-ring (bicyclic) bond motifs is 2. The molecular weight excluding hydrogens is 300 g/mol. The highest BCUT2D eigenvalue weighted by Gasteiger charge is 2.32. The second kappa shape index (κ2) is 6.75. The van der Waals surface area contributed by atoms with Crippen molar-refractivity contribution in [2.45, 2.75) is 25.1 Å². The van der Waals surface area contributed by atoms with E-state index >= 15 is 0 Å². The van der Waals surface area contributed by atoms with E-state index in [1.165, 1.54) is 5.57 Å². The molecule has 0 N–H and O–H groups in total.